The summed E-state index contributed by atoms with van der Waals surface area (Å²) < 4.78 is 0. The van der Waals surface area contributed by atoms with Crippen LogP contribution >= 0.6 is 0 Å². The normalized spacial score (nSPS) is 12.8. The van der Waals surface area contributed by atoms with Gasteiger partial charge in [-0.25, -0.2) is 0 Å². The Balaban J connectivity index is 3.38. The van der Waals surface area contributed by atoms with E-state index < -0.39 is 0 Å². The van der Waals surface area contributed by atoms with Gasteiger partial charge in [0.05, 0.1) is 12.5 Å². The van der Waals surface area contributed by atoms with Crippen molar-refractivity contribution in [2.24, 2.45) is 0 Å². The molecule has 1 unspecified atom stereocenters. The zero-order valence-electron chi connectivity index (χ0n) is 9.01. The highest BCUT2D eigenvalue weighted by Crippen LogP contribution is 1.89. The number of nitrogens with one attached hydrogen (secondary N) is 1. The first-order valence-corrected chi connectivity index (χ1v) is 5.07. The summed E-state index contributed by atoms with van der Waals surface area (Å²) in [5.74, 6) is 0. The second-order valence-electron chi connectivity index (χ2n) is 3.24. The molecular formula is C10H21N3. The van der Waals surface area contributed by atoms with Crippen LogP contribution in [-0.2, 0) is 0 Å². The van der Waals surface area contributed by atoms with Gasteiger partial charge in [0.2, 0.25) is 0 Å². The van der Waals surface area contributed by atoms with E-state index in [9.17, 15) is 0 Å². The van der Waals surface area contributed by atoms with Crippen LogP contribution in [0.25, 0.3) is 0 Å². The van der Waals surface area contributed by atoms with Gasteiger partial charge in [-0.1, -0.05) is 13.8 Å². The molecule has 0 aromatic carbocycles. The van der Waals surface area contributed by atoms with Crippen LogP contribution in [0.1, 0.15) is 27.2 Å². The maximum absolute atomic E-state index is 8.44. The topological polar surface area (TPSA) is 39.1 Å². The van der Waals surface area contributed by atoms with Crippen molar-refractivity contribution in [2.75, 3.05) is 26.2 Å². The molecule has 0 bridgehead atoms. The van der Waals surface area contributed by atoms with Gasteiger partial charge in [-0.3, -0.25) is 0 Å². The van der Waals surface area contributed by atoms with Crippen LogP contribution in [0, 0.1) is 11.3 Å². The van der Waals surface area contributed by atoms with Crippen LogP contribution in [-0.4, -0.2) is 37.1 Å². The van der Waals surface area contributed by atoms with Crippen LogP contribution in [0.5, 0.6) is 0 Å². The Labute approximate surface area is 81.7 Å². The Morgan fingerprint density at radius 3 is 2.46 bits per heavy atom. The minimum Gasteiger partial charge on any atom is -0.312 e. The summed E-state index contributed by atoms with van der Waals surface area (Å²) in [6, 6.07) is 2.48. The maximum Gasteiger partial charge on any atom is 0.0638 e. The quantitative estimate of drug-likeness (QED) is 0.645. The average Bonchev–Trinajstić information content (AvgIpc) is 2.13. The fourth-order valence-electron chi connectivity index (χ4n) is 1.22. The summed E-state index contributed by atoms with van der Waals surface area (Å²) >= 11 is 0. The molecule has 0 spiro atoms. The van der Waals surface area contributed by atoms with Crippen molar-refractivity contribution < 1.29 is 0 Å². The molecule has 0 aliphatic heterocycles. The standard InChI is InChI=1S/C10H21N3/c1-4-13(5-2)9-8-12-10(3)6-7-11/h10,12H,4-6,8-9H2,1-3H3. The molecule has 1 atom stereocenters. The summed E-state index contributed by atoms with van der Waals surface area (Å²) in [6.45, 7) is 10.6. The summed E-state index contributed by atoms with van der Waals surface area (Å²) in [7, 11) is 0. The Morgan fingerprint density at radius 2 is 2.00 bits per heavy atom. The summed E-state index contributed by atoms with van der Waals surface area (Å²) in [6.07, 6.45) is 0.595. The zero-order chi connectivity index (χ0) is 10.1. The third-order valence-corrected chi connectivity index (χ3v) is 2.21. The van der Waals surface area contributed by atoms with E-state index >= 15 is 0 Å². The highest BCUT2D eigenvalue weighted by molar-refractivity contribution is 4.77. The predicted octanol–water partition coefficient (Wildman–Crippen LogP) is 1.22. The summed E-state index contributed by atoms with van der Waals surface area (Å²) in [5, 5.41) is 11.8. The smallest absolute Gasteiger partial charge is 0.0638 e. The molecule has 0 saturated heterocycles. The Morgan fingerprint density at radius 1 is 1.38 bits per heavy atom. The third kappa shape index (κ3) is 6.56. The first-order chi connectivity index (χ1) is 6.24. The molecule has 0 aromatic heterocycles. The van der Waals surface area contributed by atoms with E-state index in [0.29, 0.717) is 12.5 Å². The van der Waals surface area contributed by atoms with E-state index in [1.165, 1.54) is 0 Å². The minimum atomic E-state index is 0.320. The highest BCUT2D eigenvalue weighted by atomic mass is 15.1. The van der Waals surface area contributed by atoms with Gasteiger partial charge >= 0.3 is 0 Å². The van der Waals surface area contributed by atoms with Gasteiger partial charge in [-0.05, 0) is 20.0 Å². The predicted molar refractivity (Wildman–Crippen MR) is 55.5 cm³/mol. The number of hydrogen-bond donors (Lipinski definition) is 1. The number of nitrogens with zero attached hydrogens (tertiary/aromatic N) is 2. The monoisotopic (exact) mass is 183 g/mol. The molecule has 3 heteroatoms. The van der Waals surface area contributed by atoms with Gasteiger partial charge in [0.25, 0.3) is 0 Å². The zero-order valence-corrected chi connectivity index (χ0v) is 9.01. The Hall–Kier alpha value is -0.590. The fraction of sp³-hybridized carbons (Fsp3) is 0.900. The molecule has 0 aromatic rings. The lowest BCUT2D eigenvalue weighted by molar-refractivity contribution is 0.298. The molecule has 0 aliphatic rings. The van der Waals surface area contributed by atoms with E-state index in [2.05, 4.69) is 30.1 Å². The van der Waals surface area contributed by atoms with E-state index in [-0.39, 0.29) is 0 Å². The Kier molecular flexibility index (Phi) is 7.66. The highest BCUT2D eigenvalue weighted by Gasteiger charge is 2.01. The summed E-state index contributed by atoms with van der Waals surface area (Å²) in [4.78, 5) is 2.37. The van der Waals surface area contributed by atoms with Gasteiger partial charge in [-0.15, -0.1) is 0 Å². The second-order valence-corrected chi connectivity index (χ2v) is 3.24. The van der Waals surface area contributed by atoms with Crippen LogP contribution in [0.3, 0.4) is 0 Å². The molecule has 0 radical (unpaired) electrons. The number of nitriles is 1. The molecule has 0 rings (SSSR count). The van der Waals surface area contributed by atoms with Gasteiger partial charge in [0.15, 0.2) is 0 Å². The molecule has 13 heavy (non-hydrogen) atoms. The second kappa shape index (κ2) is 8.03. The van der Waals surface area contributed by atoms with E-state index in [0.717, 1.165) is 26.2 Å². The van der Waals surface area contributed by atoms with Gasteiger partial charge < -0.3 is 10.2 Å². The van der Waals surface area contributed by atoms with E-state index in [1.807, 2.05) is 6.92 Å². The van der Waals surface area contributed by atoms with Crippen LogP contribution in [0.2, 0.25) is 0 Å². The summed E-state index contributed by atoms with van der Waals surface area (Å²) in [5.41, 5.74) is 0. The molecule has 0 saturated carbocycles. The number of likely N-dealkylation sites (N-methyl/N-ethyl adjacent to an activating group) is 1. The lowest BCUT2D eigenvalue weighted by Crippen LogP contribution is -2.35. The van der Waals surface area contributed by atoms with Crippen LogP contribution in [0.15, 0.2) is 0 Å². The molecule has 0 fully saturated rings. The molecular weight excluding hydrogens is 162 g/mol. The molecule has 0 heterocycles. The van der Waals surface area contributed by atoms with Crippen molar-refractivity contribution in [1.29, 1.82) is 5.26 Å². The number of rotatable bonds is 7. The van der Waals surface area contributed by atoms with Crippen molar-refractivity contribution >= 4 is 0 Å². The van der Waals surface area contributed by atoms with Crippen molar-refractivity contribution in [3.05, 3.63) is 0 Å². The van der Waals surface area contributed by atoms with E-state index in [4.69, 9.17) is 5.26 Å². The van der Waals surface area contributed by atoms with Gasteiger partial charge in [0.1, 0.15) is 0 Å². The first-order valence-electron chi connectivity index (χ1n) is 5.07. The number of hydrogen-bond acceptors (Lipinski definition) is 3. The molecule has 1 N–H and O–H groups in total. The first kappa shape index (κ1) is 12.4. The van der Waals surface area contributed by atoms with Crippen molar-refractivity contribution in [3.8, 4) is 6.07 Å². The molecule has 76 valence electrons. The van der Waals surface area contributed by atoms with Crippen LogP contribution in [0.4, 0.5) is 0 Å². The van der Waals surface area contributed by atoms with Crippen molar-refractivity contribution in [2.45, 2.75) is 33.2 Å². The molecule has 0 amide bonds. The van der Waals surface area contributed by atoms with Crippen molar-refractivity contribution in [3.63, 3.8) is 0 Å². The third-order valence-electron chi connectivity index (χ3n) is 2.21. The minimum absolute atomic E-state index is 0.320. The van der Waals surface area contributed by atoms with E-state index in [1.54, 1.807) is 0 Å². The lowest BCUT2D eigenvalue weighted by atomic mass is 10.2. The maximum atomic E-state index is 8.44. The van der Waals surface area contributed by atoms with Crippen LogP contribution < -0.4 is 5.32 Å². The molecule has 3 nitrogen and oxygen atoms in total. The average molecular weight is 183 g/mol. The lowest BCUT2D eigenvalue weighted by Gasteiger charge is -2.19. The SMILES string of the molecule is CCN(CC)CCNC(C)CC#N. The van der Waals surface area contributed by atoms with Crippen molar-refractivity contribution in [1.82, 2.24) is 10.2 Å². The molecule has 0 aliphatic carbocycles. The Bertz CT molecular complexity index is 147. The largest absolute Gasteiger partial charge is 0.312 e. The van der Waals surface area contributed by atoms with Gasteiger partial charge in [-0.2, -0.15) is 5.26 Å². The fourth-order valence-corrected chi connectivity index (χ4v) is 1.22. The van der Waals surface area contributed by atoms with Gasteiger partial charge in [0, 0.05) is 19.1 Å².